The van der Waals surface area contributed by atoms with Crippen LogP contribution in [0.1, 0.15) is 33.1 Å². The molecule has 2 atom stereocenters. The summed E-state index contributed by atoms with van der Waals surface area (Å²) in [6.45, 7) is 8.41. The van der Waals surface area contributed by atoms with Crippen LogP contribution < -0.4 is 5.73 Å². The molecule has 2 nitrogen and oxygen atoms in total. The van der Waals surface area contributed by atoms with Crippen molar-refractivity contribution in [1.82, 2.24) is 4.90 Å². The van der Waals surface area contributed by atoms with E-state index in [1.165, 1.54) is 32.4 Å². The van der Waals surface area contributed by atoms with Gasteiger partial charge in [-0.3, -0.25) is 0 Å². The molecule has 0 amide bonds. The second-order valence-corrected chi connectivity index (χ2v) is 5.66. The van der Waals surface area contributed by atoms with E-state index in [1.54, 1.807) is 0 Å². The summed E-state index contributed by atoms with van der Waals surface area (Å²) in [4.78, 5) is 2.61. The van der Waals surface area contributed by atoms with Crippen molar-refractivity contribution in [2.75, 3.05) is 19.6 Å². The third kappa shape index (κ3) is 2.71. The standard InChI is InChI=1S/C12H24N2/c1-9(2)11-5-12(13)8-14(7-11)6-10-3-4-10/h9-12H,3-8,13H2,1-2H3. The summed E-state index contributed by atoms with van der Waals surface area (Å²) < 4.78 is 0. The average Bonchev–Trinajstić information content (AvgIpc) is 2.87. The maximum absolute atomic E-state index is 6.11. The Bertz CT molecular complexity index is 185. The van der Waals surface area contributed by atoms with Crippen molar-refractivity contribution >= 4 is 0 Å². The molecule has 0 aromatic rings. The number of nitrogens with two attached hydrogens (primary N) is 1. The van der Waals surface area contributed by atoms with Crippen LogP contribution in [0.2, 0.25) is 0 Å². The molecule has 1 saturated carbocycles. The minimum atomic E-state index is 0.426. The highest BCUT2D eigenvalue weighted by atomic mass is 15.2. The molecule has 2 aliphatic rings. The monoisotopic (exact) mass is 196 g/mol. The number of nitrogens with zero attached hydrogens (tertiary/aromatic N) is 1. The summed E-state index contributed by atoms with van der Waals surface area (Å²) in [6, 6.07) is 0.426. The van der Waals surface area contributed by atoms with E-state index < -0.39 is 0 Å². The normalized spacial score (nSPS) is 35.1. The van der Waals surface area contributed by atoms with Gasteiger partial charge in [0.15, 0.2) is 0 Å². The molecule has 0 spiro atoms. The first-order chi connectivity index (χ1) is 6.65. The van der Waals surface area contributed by atoms with Crippen LogP contribution in [0.3, 0.4) is 0 Å². The second kappa shape index (κ2) is 4.19. The SMILES string of the molecule is CC(C)C1CC(N)CN(CC2CC2)C1. The van der Waals surface area contributed by atoms with Gasteiger partial charge in [0.25, 0.3) is 0 Å². The Morgan fingerprint density at radius 2 is 2.00 bits per heavy atom. The van der Waals surface area contributed by atoms with E-state index in [-0.39, 0.29) is 0 Å². The van der Waals surface area contributed by atoms with Crippen molar-refractivity contribution in [2.24, 2.45) is 23.5 Å². The topological polar surface area (TPSA) is 29.3 Å². The van der Waals surface area contributed by atoms with Gasteiger partial charge in [0.1, 0.15) is 0 Å². The maximum atomic E-state index is 6.11. The van der Waals surface area contributed by atoms with Crippen molar-refractivity contribution in [3.05, 3.63) is 0 Å². The fourth-order valence-electron chi connectivity index (χ4n) is 2.57. The lowest BCUT2D eigenvalue weighted by molar-refractivity contribution is 0.125. The van der Waals surface area contributed by atoms with Crippen molar-refractivity contribution < 1.29 is 0 Å². The van der Waals surface area contributed by atoms with Crippen LogP contribution in [-0.2, 0) is 0 Å². The quantitative estimate of drug-likeness (QED) is 0.744. The molecule has 82 valence electrons. The second-order valence-electron chi connectivity index (χ2n) is 5.66. The molecule has 2 heteroatoms. The van der Waals surface area contributed by atoms with E-state index in [9.17, 15) is 0 Å². The molecule has 1 heterocycles. The molecule has 0 radical (unpaired) electrons. The summed E-state index contributed by atoms with van der Waals surface area (Å²) in [6.07, 6.45) is 4.15. The first kappa shape index (κ1) is 10.4. The van der Waals surface area contributed by atoms with Gasteiger partial charge in [-0.05, 0) is 37.0 Å². The zero-order valence-electron chi connectivity index (χ0n) is 9.58. The molecule has 1 aliphatic heterocycles. The molecule has 0 bridgehead atoms. The fraction of sp³-hybridized carbons (Fsp3) is 1.00. The zero-order valence-corrected chi connectivity index (χ0v) is 9.58. The van der Waals surface area contributed by atoms with E-state index >= 15 is 0 Å². The zero-order chi connectivity index (χ0) is 10.1. The van der Waals surface area contributed by atoms with Crippen LogP contribution in [0.25, 0.3) is 0 Å². The van der Waals surface area contributed by atoms with Gasteiger partial charge in [0.2, 0.25) is 0 Å². The summed E-state index contributed by atoms with van der Waals surface area (Å²) in [7, 11) is 0. The molecule has 0 aromatic carbocycles. The van der Waals surface area contributed by atoms with Crippen LogP contribution in [0, 0.1) is 17.8 Å². The highest BCUT2D eigenvalue weighted by Crippen LogP contribution is 2.32. The van der Waals surface area contributed by atoms with E-state index in [0.717, 1.165) is 24.3 Å². The largest absolute Gasteiger partial charge is 0.327 e. The van der Waals surface area contributed by atoms with Crippen molar-refractivity contribution in [2.45, 2.75) is 39.2 Å². The molecular weight excluding hydrogens is 172 g/mol. The third-order valence-corrected chi connectivity index (χ3v) is 3.75. The van der Waals surface area contributed by atoms with Gasteiger partial charge in [-0.2, -0.15) is 0 Å². The Hall–Kier alpha value is -0.0800. The lowest BCUT2D eigenvalue weighted by atomic mass is 9.86. The van der Waals surface area contributed by atoms with Crippen LogP contribution in [0.15, 0.2) is 0 Å². The van der Waals surface area contributed by atoms with Gasteiger partial charge in [0.05, 0.1) is 0 Å². The Kier molecular flexibility index (Phi) is 3.13. The first-order valence-electron chi connectivity index (χ1n) is 6.13. The predicted molar refractivity (Wildman–Crippen MR) is 60.1 cm³/mol. The molecule has 2 fully saturated rings. The number of likely N-dealkylation sites (tertiary alicyclic amines) is 1. The molecule has 1 aliphatic carbocycles. The van der Waals surface area contributed by atoms with Gasteiger partial charge < -0.3 is 10.6 Å². The molecule has 1 saturated heterocycles. The van der Waals surface area contributed by atoms with Gasteiger partial charge >= 0.3 is 0 Å². The lowest BCUT2D eigenvalue weighted by Gasteiger charge is -2.38. The van der Waals surface area contributed by atoms with Gasteiger partial charge in [0, 0.05) is 25.7 Å². The van der Waals surface area contributed by atoms with Crippen LogP contribution in [-0.4, -0.2) is 30.6 Å². The Balaban J connectivity index is 1.84. The van der Waals surface area contributed by atoms with E-state index in [2.05, 4.69) is 18.7 Å². The fourth-order valence-corrected chi connectivity index (χ4v) is 2.57. The smallest absolute Gasteiger partial charge is 0.0171 e. The number of piperidine rings is 1. The Morgan fingerprint density at radius 1 is 1.29 bits per heavy atom. The van der Waals surface area contributed by atoms with Crippen molar-refractivity contribution in [3.63, 3.8) is 0 Å². The molecule has 14 heavy (non-hydrogen) atoms. The summed E-state index contributed by atoms with van der Waals surface area (Å²) >= 11 is 0. The van der Waals surface area contributed by atoms with E-state index in [1.807, 2.05) is 0 Å². The summed E-state index contributed by atoms with van der Waals surface area (Å²) in [5, 5.41) is 0. The average molecular weight is 196 g/mol. The van der Waals surface area contributed by atoms with E-state index in [0.29, 0.717) is 6.04 Å². The third-order valence-electron chi connectivity index (χ3n) is 3.75. The number of hydrogen-bond acceptors (Lipinski definition) is 2. The number of rotatable bonds is 3. The Morgan fingerprint density at radius 3 is 2.57 bits per heavy atom. The number of hydrogen-bond donors (Lipinski definition) is 1. The molecule has 2 N–H and O–H groups in total. The maximum Gasteiger partial charge on any atom is 0.0171 e. The van der Waals surface area contributed by atoms with Crippen molar-refractivity contribution in [3.8, 4) is 0 Å². The van der Waals surface area contributed by atoms with Gasteiger partial charge in [-0.15, -0.1) is 0 Å². The highest BCUT2D eigenvalue weighted by Gasteiger charge is 2.31. The van der Waals surface area contributed by atoms with Crippen LogP contribution >= 0.6 is 0 Å². The van der Waals surface area contributed by atoms with Crippen molar-refractivity contribution in [1.29, 1.82) is 0 Å². The predicted octanol–water partition coefficient (Wildman–Crippen LogP) is 1.70. The summed E-state index contributed by atoms with van der Waals surface area (Å²) in [5.74, 6) is 2.63. The molecule has 2 rings (SSSR count). The van der Waals surface area contributed by atoms with Crippen LogP contribution in [0.4, 0.5) is 0 Å². The van der Waals surface area contributed by atoms with E-state index in [4.69, 9.17) is 5.73 Å². The minimum absolute atomic E-state index is 0.426. The highest BCUT2D eigenvalue weighted by molar-refractivity contribution is 4.86. The van der Waals surface area contributed by atoms with Crippen LogP contribution in [0.5, 0.6) is 0 Å². The summed E-state index contributed by atoms with van der Waals surface area (Å²) in [5.41, 5.74) is 6.11. The lowest BCUT2D eigenvalue weighted by Crippen LogP contribution is -2.48. The first-order valence-corrected chi connectivity index (χ1v) is 6.13. The Labute approximate surface area is 87.8 Å². The molecular formula is C12H24N2. The molecule has 2 unspecified atom stereocenters. The molecule has 0 aromatic heterocycles. The van der Waals surface area contributed by atoms with Gasteiger partial charge in [-0.25, -0.2) is 0 Å². The van der Waals surface area contributed by atoms with Gasteiger partial charge in [-0.1, -0.05) is 13.8 Å². The minimum Gasteiger partial charge on any atom is -0.327 e.